The third-order valence-electron chi connectivity index (χ3n) is 5.63. The Bertz CT molecular complexity index is 1010. The van der Waals surface area contributed by atoms with E-state index in [1.54, 1.807) is 4.90 Å². The Morgan fingerprint density at radius 1 is 1.29 bits per heavy atom. The molecule has 146 valence electrons. The fourth-order valence-electron chi connectivity index (χ4n) is 4.09. The fraction of sp³-hybridized carbons (Fsp3) is 0.455. The Kier molecular flexibility index (Phi) is 5.47. The van der Waals surface area contributed by atoms with Crippen LogP contribution in [0.4, 0.5) is 5.82 Å². The van der Waals surface area contributed by atoms with Crippen molar-refractivity contribution in [2.45, 2.75) is 26.2 Å². The number of nitrogens with zero attached hydrogens (tertiary/aromatic N) is 2. The molecule has 1 aliphatic heterocycles. The van der Waals surface area contributed by atoms with Gasteiger partial charge in [0.15, 0.2) is 0 Å². The van der Waals surface area contributed by atoms with E-state index in [-0.39, 0.29) is 5.92 Å². The lowest BCUT2D eigenvalue weighted by Crippen LogP contribution is -3.14. The normalized spacial score (nSPS) is 15.4. The second-order valence-electron chi connectivity index (χ2n) is 7.85. The zero-order valence-corrected chi connectivity index (χ0v) is 16.7. The fourth-order valence-corrected chi connectivity index (χ4v) is 4.09. The van der Waals surface area contributed by atoms with Crippen molar-refractivity contribution in [2.75, 3.05) is 44.7 Å². The summed E-state index contributed by atoms with van der Waals surface area (Å²) in [5.74, 6) is 1.33. The minimum Gasteiger partial charge on any atom is -0.370 e. The van der Waals surface area contributed by atoms with Crippen LogP contribution in [0.15, 0.2) is 30.3 Å². The van der Waals surface area contributed by atoms with Crippen molar-refractivity contribution < 1.29 is 14.0 Å². The zero-order chi connectivity index (χ0) is 19.5. The number of imidazole rings is 1. The third kappa shape index (κ3) is 3.56. The number of hydrogen-bond acceptors (Lipinski definition) is 3. The van der Waals surface area contributed by atoms with E-state index in [1.807, 2.05) is 12.1 Å². The minimum atomic E-state index is 0.282. The van der Waals surface area contributed by atoms with Crippen LogP contribution in [0.25, 0.3) is 16.7 Å². The van der Waals surface area contributed by atoms with Crippen LogP contribution in [0, 0.1) is 11.3 Å². The van der Waals surface area contributed by atoms with Crippen LogP contribution in [0.5, 0.6) is 0 Å². The molecule has 6 heteroatoms. The highest BCUT2D eigenvalue weighted by molar-refractivity contribution is 5.77. The number of ether oxygens (including phenoxy) is 1. The van der Waals surface area contributed by atoms with Crippen molar-refractivity contribution in [3.05, 3.63) is 41.5 Å². The number of anilines is 1. The van der Waals surface area contributed by atoms with Crippen LogP contribution < -0.4 is 14.6 Å². The monoisotopic (exact) mass is 379 g/mol. The molecule has 3 N–H and O–H groups in total. The number of benzene rings is 1. The second kappa shape index (κ2) is 8.17. The molecule has 6 nitrogen and oxygen atoms in total. The number of nitrogens with one attached hydrogen (secondary N) is 3. The molecular formula is C22H29N5O+2. The highest BCUT2D eigenvalue weighted by Gasteiger charge is 2.23. The van der Waals surface area contributed by atoms with Gasteiger partial charge in [0.05, 0.1) is 26.3 Å². The van der Waals surface area contributed by atoms with Gasteiger partial charge in [0.25, 0.3) is 0 Å². The van der Waals surface area contributed by atoms with Crippen molar-refractivity contribution in [3.63, 3.8) is 0 Å². The van der Waals surface area contributed by atoms with Gasteiger partial charge in [0.2, 0.25) is 11.5 Å². The van der Waals surface area contributed by atoms with Crippen molar-refractivity contribution in [1.29, 1.82) is 5.26 Å². The number of H-pyrrole nitrogens is 1. The molecule has 1 fully saturated rings. The van der Waals surface area contributed by atoms with Gasteiger partial charge in [-0.05, 0) is 23.6 Å². The number of pyridine rings is 1. The average Bonchev–Trinajstić information content (AvgIpc) is 3.11. The number of aromatic nitrogens is 2. The quantitative estimate of drug-likeness (QED) is 0.450. The van der Waals surface area contributed by atoms with Crippen LogP contribution in [0.1, 0.15) is 37.3 Å². The van der Waals surface area contributed by atoms with Crippen molar-refractivity contribution in [3.8, 4) is 6.07 Å². The average molecular weight is 380 g/mol. The maximum atomic E-state index is 9.82. The molecule has 28 heavy (non-hydrogen) atoms. The molecule has 0 radical (unpaired) electrons. The van der Waals surface area contributed by atoms with Gasteiger partial charge in [-0.2, -0.15) is 9.66 Å². The van der Waals surface area contributed by atoms with Gasteiger partial charge < -0.3 is 15.0 Å². The molecule has 0 unspecified atom stereocenters. The van der Waals surface area contributed by atoms with Gasteiger partial charge in [-0.1, -0.05) is 26.0 Å². The first-order valence-electron chi connectivity index (χ1n) is 10.2. The summed E-state index contributed by atoms with van der Waals surface area (Å²) < 4.78 is 7.60. The first-order chi connectivity index (χ1) is 13.7. The summed E-state index contributed by atoms with van der Waals surface area (Å²) in [4.78, 5) is 5.08. The summed E-state index contributed by atoms with van der Waals surface area (Å²) in [6.45, 7) is 10.3. The maximum Gasteiger partial charge on any atom is 0.250 e. The highest BCUT2D eigenvalue weighted by Crippen LogP contribution is 2.25. The number of rotatable bonds is 6. The Morgan fingerprint density at radius 3 is 2.82 bits per heavy atom. The van der Waals surface area contributed by atoms with Gasteiger partial charge >= 0.3 is 0 Å². The predicted molar refractivity (Wildman–Crippen MR) is 110 cm³/mol. The summed E-state index contributed by atoms with van der Waals surface area (Å²) in [6, 6.07) is 12.8. The summed E-state index contributed by atoms with van der Waals surface area (Å²) in [5, 5.41) is 13.5. The Balaban J connectivity index is 1.65. The van der Waals surface area contributed by atoms with E-state index in [2.05, 4.69) is 52.8 Å². The summed E-state index contributed by atoms with van der Waals surface area (Å²) in [5.41, 5.74) is 4.81. The Morgan fingerprint density at radius 2 is 2.07 bits per heavy atom. The number of hydrogen-bond donors (Lipinski definition) is 3. The van der Waals surface area contributed by atoms with E-state index in [9.17, 15) is 5.26 Å². The number of para-hydroxylation sites is 2. The van der Waals surface area contributed by atoms with Crippen LogP contribution in [-0.2, 0) is 4.74 Å². The molecule has 3 heterocycles. The first kappa shape index (κ1) is 18.7. The summed E-state index contributed by atoms with van der Waals surface area (Å²) in [7, 11) is 0. The van der Waals surface area contributed by atoms with Gasteiger partial charge in [-0.3, -0.25) is 4.98 Å². The van der Waals surface area contributed by atoms with E-state index in [1.165, 1.54) is 0 Å². The van der Waals surface area contributed by atoms with E-state index in [0.717, 1.165) is 79.4 Å². The molecule has 3 aromatic rings. The third-order valence-corrected chi connectivity index (χ3v) is 5.63. The van der Waals surface area contributed by atoms with Gasteiger partial charge in [0.1, 0.15) is 35.8 Å². The molecular weight excluding hydrogens is 350 g/mol. The Labute approximate surface area is 165 Å². The predicted octanol–water partition coefficient (Wildman–Crippen LogP) is 1.62. The molecule has 0 spiro atoms. The second-order valence-corrected chi connectivity index (χ2v) is 7.85. The number of nitriles is 1. The van der Waals surface area contributed by atoms with Crippen LogP contribution in [0.3, 0.4) is 0 Å². The van der Waals surface area contributed by atoms with Crippen LogP contribution in [-0.4, -0.2) is 44.4 Å². The number of morpholine rings is 1. The number of fused-ring (bicyclic) bond motifs is 3. The van der Waals surface area contributed by atoms with E-state index in [4.69, 9.17) is 4.74 Å². The lowest BCUT2D eigenvalue weighted by molar-refractivity contribution is -0.908. The topological polar surface area (TPSA) is 69.4 Å². The van der Waals surface area contributed by atoms with E-state index in [0.29, 0.717) is 0 Å². The van der Waals surface area contributed by atoms with Gasteiger partial charge in [-0.15, -0.1) is 0 Å². The molecule has 0 aliphatic carbocycles. The van der Waals surface area contributed by atoms with Crippen LogP contribution in [0.2, 0.25) is 0 Å². The van der Waals surface area contributed by atoms with E-state index >= 15 is 0 Å². The maximum absolute atomic E-state index is 9.82. The van der Waals surface area contributed by atoms with Crippen molar-refractivity contribution in [2.24, 2.45) is 0 Å². The smallest absolute Gasteiger partial charge is 0.250 e. The molecule has 1 aliphatic rings. The van der Waals surface area contributed by atoms with E-state index < -0.39 is 0 Å². The van der Waals surface area contributed by atoms with Crippen molar-refractivity contribution >= 4 is 22.5 Å². The summed E-state index contributed by atoms with van der Waals surface area (Å²) in [6.07, 6.45) is 1.11. The molecule has 0 atom stereocenters. The lowest BCUT2D eigenvalue weighted by Gasteiger charge is -2.23. The highest BCUT2D eigenvalue weighted by atomic mass is 16.5. The number of quaternary nitrogens is 1. The molecule has 1 aromatic carbocycles. The molecule has 0 amide bonds. The molecule has 0 bridgehead atoms. The first-order valence-corrected chi connectivity index (χ1v) is 10.2. The van der Waals surface area contributed by atoms with Crippen molar-refractivity contribution in [1.82, 2.24) is 4.98 Å². The molecule has 2 aromatic heterocycles. The minimum absolute atomic E-state index is 0.282. The summed E-state index contributed by atoms with van der Waals surface area (Å²) >= 11 is 0. The Hall–Kier alpha value is -2.62. The molecule has 4 rings (SSSR count). The van der Waals surface area contributed by atoms with Gasteiger partial charge in [-0.25, -0.2) is 0 Å². The SMILES string of the molecule is CC(C)c1cc(NCCC[NH+]2CCOCC2)[n+]2c([nH]c3ccccc32)c1C#N. The standard InChI is InChI=1S/C22H27N5O/c1-16(2)17-14-21(24-8-5-9-26-10-12-28-13-11-26)27-20-7-4-3-6-19(20)25-22(27)18(17)15-23/h3-4,6-7,14,16H,5,8-13H2,1-2H3,(H,24,25)/p+2. The van der Waals surface area contributed by atoms with Crippen LogP contribution >= 0.6 is 0 Å². The molecule has 0 saturated carbocycles. The zero-order valence-electron chi connectivity index (χ0n) is 16.7. The lowest BCUT2D eigenvalue weighted by atomic mass is 9.99. The molecule has 1 saturated heterocycles. The van der Waals surface area contributed by atoms with Gasteiger partial charge in [0, 0.05) is 12.5 Å². The largest absolute Gasteiger partial charge is 0.370 e. The number of aromatic amines is 1.